The molecule has 0 amide bonds. The summed E-state index contributed by atoms with van der Waals surface area (Å²) in [6.45, 7) is 1.39. The normalized spacial score (nSPS) is 14.6. The Morgan fingerprint density at radius 1 is 0.857 bits per heavy atom. The first kappa shape index (κ1) is 19.9. The highest BCUT2D eigenvalue weighted by molar-refractivity contribution is 7.97. The maximum atomic E-state index is 13.0. The van der Waals surface area contributed by atoms with Crippen LogP contribution in [-0.4, -0.2) is 31.7 Å². The standard InChI is InChI=1S/C9H7F9O2S/c1-2-3-4-5-21(19,20)9(17,18)7(12,13)6(10,11)8(14,15)16/h2-3H2,1H3. The van der Waals surface area contributed by atoms with Gasteiger partial charge in [0.25, 0.3) is 9.84 Å². The number of alkyl halides is 9. The molecule has 0 aromatic carbocycles. The molecule has 0 heterocycles. The Morgan fingerprint density at radius 3 is 1.62 bits per heavy atom. The first-order chi connectivity index (χ1) is 9.06. The summed E-state index contributed by atoms with van der Waals surface area (Å²) in [7, 11) is -6.56. The van der Waals surface area contributed by atoms with Crippen LogP contribution in [0.4, 0.5) is 39.5 Å². The quantitative estimate of drug-likeness (QED) is 0.441. The lowest BCUT2D eigenvalue weighted by Crippen LogP contribution is -2.63. The predicted octanol–water partition coefficient (Wildman–Crippen LogP) is 3.59. The van der Waals surface area contributed by atoms with Crippen LogP contribution in [0.5, 0.6) is 0 Å². The van der Waals surface area contributed by atoms with E-state index in [9.17, 15) is 47.9 Å². The summed E-state index contributed by atoms with van der Waals surface area (Å²) in [5.41, 5.74) is 0. The van der Waals surface area contributed by atoms with Crippen molar-refractivity contribution in [2.45, 2.75) is 43.0 Å². The third kappa shape index (κ3) is 3.22. The number of halogens is 9. The minimum absolute atomic E-state index is 0.114. The average Bonchev–Trinajstić information content (AvgIpc) is 2.26. The molecule has 124 valence electrons. The van der Waals surface area contributed by atoms with E-state index >= 15 is 0 Å². The van der Waals surface area contributed by atoms with Crippen molar-refractivity contribution >= 4 is 9.84 Å². The molecule has 0 aromatic heterocycles. The molecule has 0 aromatic rings. The van der Waals surface area contributed by atoms with E-state index in [1.807, 2.05) is 0 Å². The van der Waals surface area contributed by atoms with E-state index in [0.29, 0.717) is 5.25 Å². The topological polar surface area (TPSA) is 34.1 Å². The predicted molar refractivity (Wildman–Crippen MR) is 52.5 cm³/mol. The summed E-state index contributed by atoms with van der Waals surface area (Å²) in [4.78, 5) is 0. The fourth-order valence-corrected chi connectivity index (χ4v) is 1.75. The van der Waals surface area contributed by atoms with Crippen molar-refractivity contribution in [2.24, 2.45) is 0 Å². The zero-order chi connectivity index (χ0) is 17.3. The van der Waals surface area contributed by atoms with Crippen LogP contribution < -0.4 is 0 Å². The molecule has 21 heavy (non-hydrogen) atoms. The van der Waals surface area contributed by atoms with Gasteiger partial charge >= 0.3 is 23.3 Å². The van der Waals surface area contributed by atoms with Crippen LogP contribution in [0.2, 0.25) is 0 Å². The molecule has 0 saturated heterocycles. The minimum atomic E-state index is -7.26. The van der Waals surface area contributed by atoms with Crippen molar-refractivity contribution in [2.75, 3.05) is 0 Å². The number of hydrogen-bond acceptors (Lipinski definition) is 2. The van der Waals surface area contributed by atoms with Gasteiger partial charge in [-0.2, -0.15) is 39.5 Å². The summed E-state index contributed by atoms with van der Waals surface area (Å²) in [6, 6.07) is 0. The number of hydrogen-bond donors (Lipinski definition) is 0. The number of unbranched alkanes of at least 4 members (excludes halogenated alkanes) is 1. The maximum absolute atomic E-state index is 13.0. The number of sulfone groups is 1. The zero-order valence-electron chi connectivity index (χ0n) is 10.0. The van der Waals surface area contributed by atoms with E-state index in [0.717, 1.165) is 0 Å². The van der Waals surface area contributed by atoms with E-state index in [-0.39, 0.29) is 12.8 Å². The SMILES string of the molecule is CCCC#CS(=O)(=O)C(F)(F)C(F)(F)C(F)(F)C(F)(F)F. The lowest BCUT2D eigenvalue weighted by Gasteiger charge is -2.31. The van der Waals surface area contributed by atoms with Gasteiger partial charge in [-0.05, 0) is 6.42 Å². The Morgan fingerprint density at radius 2 is 1.29 bits per heavy atom. The second-order valence-electron chi connectivity index (χ2n) is 3.70. The smallest absolute Gasteiger partial charge is 0.209 e. The van der Waals surface area contributed by atoms with Gasteiger partial charge in [-0.3, -0.25) is 0 Å². The van der Waals surface area contributed by atoms with Crippen LogP contribution in [0.1, 0.15) is 19.8 Å². The van der Waals surface area contributed by atoms with Crippen molar-refractivity contribution in [1.82, 2.24) is 0 Å². The van der Waals surface area contributed by atoms with Crippen molar-refractivity contribution in [3.05, 3.63) is 0 Å². The lowest BCUT2D eigenvalue weighted by atomic mass is 10.1. The Balaban J connectivity index is 5.98. The molecular weight excluding hydrogens is 343 g/mol. The monoisotopic (exact) mass is 350 g/mol. The fraction of sp³-hybridized carbons (Fsp3) is 0.778. The van der Waals surface area contributed by atoms with Gasteiger partial charge in [0.1, 0.15) is 0 Å². The van der Waals surface area contributed by atoms with Gasteiger partial charge in [-0.15, -0.1) is 0 Å². The molecular formula is C9H7F9O2S. The van der Waals surface area contributed by atoms with E-state index in [1.165, 1.54) is 12.8 Å². The minimum Gasteiger partial charge on any atom is -0.209 e. The highest BCUT2D eigenvalue weighted by atomic mass is 32.2. The van der Waals surface area contributed by atoms with Gasteiger partial charge in [0.2, 0.25) is 0 Å². The Bertz CT molecular complexity index is 536. The maximum Gasteiger partial charge on any atom is 0.460 e. The molecule has 0 spiro atoms. The molecule has 0 saturated carbocycles. The molecule has 0 N–H and O–H groups in total. The van der Waals surface area contributed by atoms with Gasteiger partial charge < -0.3 is 0 Å². The second kappa shape index (κ2) is 5.58. The molecule has 0 unspecified atom stereocenters. The number of rotatable bonds is 4. The molecule has 0 aliphatic rings. The Labute approximate surface area is 113 Å². The van der Waals surface area contributed by atoms with Gasteiger partial charge in [-0.1, -0.05) is 12.8 Å². The van der Waals surface area contributed by atoms with Gasteiger partial charge in [0.05, 0.1) is 0 Å². The summed E-state index contributed by atoms with van der Waals surface area (Å²) in [5.74, 6) is -13.0. The largest absolute Gasteiger partial charge is 0.460 e. The molecule has 12 heteroatoms. The van der Waals surface area contributed by atoms with Gasteiger partial charge in [0.15, 0.2) is 0 Å². The fourth-order valence-electron chi connectivity index (χ4n) is 0.865. The summed E-state index contributed by atoms with van der Waals surface area (Å²) >= 11 is 0. The second-order valence-corrected chi connectivity index (χ2v) is 5.42. The van der Waals surface area contributed by atoms with Crippen molar-refractivity contribution in [3.8, 4) is 11.2 Å². The highest BCUT2D eigenvalue weighted by Crippen LogP contribution is 2.54. The zero-order valence-corrected chi connectivity index (χ0v) is 10.9. The van der Waals surface area contributed by atoms with Crippen molar-refractivity contribution in [3.63, 3.8) is 0 Å². The van der Waals surface area contributed by atoms with E-state index in [4.69, 9.17) is 0 Å². The summed E-state index contributed by atoms with van der Waals surface area (Å²) < 4.78 is 134. The van der Waals surface area contributed by atoms with Crippen LogP contribution in [0.3, 0.4) is 0 Å². The van der Waals surface area contributed by atoms with E-state index in [1.54, 1.807) is 0 Å². The lowest BCUT2D eigenvalue weighted by molar-refractivity contribution is -0.382. The third-order valence-electron chi connectivity index (χ3n) is 2.03. The Hall–Kier alpha value is -1.12. The van der Waals surface area contributed by atoms with Crippen LogP contribution in [0.25, 0.3) is 0 Å². The van der Waals surface area contributed by atoms with E-state index < -0.39 is 33.1 Å². The van der Waals surface area contributed by atoms with Crippen molar-refractivity contribution in [1.29, 1.82) is 0 Å². The Kier molecular flexibility index (Phi) is 5.29. The average molecular weight is 350 g/mol. The van der Waals surface area contributed by atoms with Crippen LogP contribution in [0.15, 0.2) is 0 Å². The summed E-state index contributed by atoms with van der Waals surface area (Å²) in [6.07, 6.45) is -7.33. The van der Waals surface area contributed by atoms with Crippen LogP contribution in [0, 0.1) is 11.2 Å². The molecule has 0 bridgehead atoms. The molecule has 0 atom stereocenters. The van der Waals surface area contributed by atoms with Crippen LogP contribution in [-0.2, 0) is 9.84 Å². The molecule has 0 radical (unpaired) electrons. The first-order valence-electron chi connectivity index (χ1n) is 5.00. The van der Waals surface area contributed by atoms with Gasteiger partial charge in [-0.25, -0.2) is 8.42 Å². The molecule has 0 fully saturated rings. The molecule has 0 aliphatic heterocycles. The molecule has 0 rings (SSSR count). The van der Waals surface area contributed by atoms with E-state index in [2.05, 4.69) is 0 Å². The van der Waals surface area contributed by atoms with Crippen LogP contribution >= 0.6 is 0 Å². The van der Waals surface area contributed by atoms with Crippen molar-refractivity contribution < 1.29 is 47.9 Å². The van der Waals surface area contributed by atoms with Gasteiger partial charge in [0, 0.05) is 11.7 Å². The summed E-state index contributed by atoms with van der Waals surface area (Å²) in [5, 5.41) is -6.10. The highest BCUT2D eigenvalue weighted by Gasteiger charge is 2.85. The molecule has 2 nitrogen and oxygen atoms in total. The third-order valence-corrected chi connectivity index (χ3v) is 3.38. The first-order valence-corrected chi connectivity index (χ1v) is 6.49. The molecule has 0 aliphatic carbocycles.